The number of aliphatic imine (C=N–C) groups is 1. The summed E-state index contributed by atoms with van der Waals surface area (Å²) in [5.41, 5.74) is 0.0753. The zero-order chi connectivity index (χ0) is 18.4. The van der Waals surface area contributed by atoms with Crippen molar-refractivity contribution in [3.8, 4) is 6.07 Å². The molecule has 0 bridgehead atoms. The highest BCUT2D eigenvalue weighted by Crippen LogP contribution is 2.13. The topological polar surface area (TPSA) is 80.9 Å². The molecule has 130 valence electrons. The van der Waals surface area contributed by atoms with E-state index in [0.717, 1.165) is 5.56 Å². The number of hydrogen-bond donors (Lipinski definition) is 0. The second kappa shape index (κ2) is 7.82. The van der Waals surface area contributed by atoms with Crippen molar-refractivity contribution in [2.24, 2.45) is 4.99 Å². The van der Waals surface area contributed by atoms with E-state index in [4.69, 9.17) is 19.5 Å². The Morgan fingerprint density at radius 1 is 1.12 bits per heavy atom. The molecule has 1 aromatic rings. The van der Waals surface area contributed by atoms with Gasteiger partial charge in [0.2, 0.25) is 0 Å². The summed E-state index contributed by atoms with van der Waals surface area (Å²) >= 11 is 0. The monoisotopic (exact) mass is 332 g/mol. The summed E-state index contributed by atoms with van der Waals surface area (Å²) in [7, 11) is 0. The van der Waals surface area contributed by atoms with Gasteiger partial charge in [0.1, 0.15) is 11.2 Å². The van der Waals surface area contributed by atoms with Gasteiger partial charge in [0.25, 0.3) is 0 Å². The second-order valence-corrected chi connectivity index (χ2v) is 7.18. The van der Waals surface area contributed by atoms with Gasteiger partial charge in [0.05, 0.1) is 18.2 Å². The zero-order valence-corrected chi connectivity index (χ0v) is 15.0. The van der Waals surface area contributed by atoms with Gasteiger partial charge in [-0.15, -0.1) is 0 Å². The summed E-state index contributed by atoms with van der Waals surface area (Å²) in [6.07, 6.45) is -1.05. The van der Waals surface area contributed by atoms with E-state index in [1.54, 1.807) is 39.0 Å². The molecule has 0 radical (unpaired) electrons. The molecule has 1 rings (SSSR count). The van der Waals surface area contributed by atoms with E-state index in [1.165, 1.54) is 0 Å². The molecule has 6 heteroatoms. The van der Waals surface area contributed by atoms with Crippen LogP contribution >= 0.6 is 0 Å². The minimum atomic E-state index is -0.878. The molecular weight excluding hydrogens is 308 g/mol. The molecule has 0 fully saturated rings. The third-order valence-electron chi connectivity index (χ3n) is 2.40. The maximum Gasteiger partial charge on any atom is 0.517 e. The Balaban J connectivity index is 2.88. The van der Waals surface area contributed by atoms with E-state index in [1.807, 2.05) is 26.8 Å². The van der Waals surface area contributed by atoms with Crippen LogP contribution in [0.4, 0.5) is 4.79 Å². The third kappa shape index (κ3) is 8.18. The highest BCUT2D eigenvalue weighted by atomic mass is 16.8. The summed E-state index contributed by atoms with van der Waals surface area (Å²) in [6, 6.07) is 9.08. The van der Waals surface area contributed by atoms with Crippen molar-refractivity contribution >= 4 is 12.2 Å². The van der Waals surface area contributed by atoms with Crippen LogP contribution in [0.15, 0.2) is 29.3 Å². The molecule has 0 spiro atoms. The van der Waals surface area contributed by atoms with E-state index < -0.39 is 17.4 Å². The van der Waals surface area contributed by atoms with Gasteiger partial charge in [-0.25, -0.2) is 9.79 Å². The average molecular weight is 332 g/mol. The Labute approximate surface area is 143 Å². The van der Waals surface area contributed by atoms with Crippen molar-refractivity contribution in [3.05, 3.63) is 35.4 Å². The molecule has 0 atom stereocenters. The molecule has 0 amide bonds. The average Bonchev–Trinajstić information content (AvgIpc) is 2.41. The van der Waals surface area contributed by atoms with Crippen molar-refractivity contribution in [1.29, 1.82) is 5.26 Å². The molecular formula is C18H24N2O4. The fraction of sp³-hybridized carbons (Fsp3) is 0.500. The first-order valence-electron chi connectivity index (χ1n) is 7.62. The van der Waals surface area contributed by atoms with E-state index >= 15 is 0 Å². The van der Waals surface area contributed by atoms with Crippen molar-refractivity contribution in [1.82, 2.24) is 0 Å². The Morgan fingerprint density at radius 3 is 2.29 bits per heavy atom. The van der Waals surface area contributed by atoms with Gasteiger partial charge >= 0.3 is 12.2 Å². The van der Waals surface area contributed by atoms with Crippen LogP contribution in [0.25, 0.3) is 0 Å². The smallest absolute Gasteiger partial charge is 0.445 e. The fourth-order valence-electron chi connectivity index (χ4n) is 1.58. The van der Waals surface area contributed by atoms with Crippen molar-refractivity contribution in [2.75, 3.05) is 0 Å². The molecule has 0 aliphatic carbocycles. The Bertz CT molecular complexity index is 646. The first-order valence-corrected chi connectivity index (χ1v) is 7.62. The molecule has 6 nitrogen and oxygen atoms in total. The highest BCUT2D eigenvalue weighted by molar-refractivity contribution is 5.80. The largest absolute Gasteiger partial charge is 0.517 e. The van der Waals surface area contributed by atoms with E-state index in [9.17, 15) is 4.79 Å². The summed E-state index contributed by atoms with van der Waals surface area (Å²) < 4.78 is 15.8. The molecule has 0 heterocycles. The van der Waals surface area contributed by atoms with E-state index in [-0.39, 0.29) is 12.6 Å². The predicted molar refractivity (Wildman–Crippen MR) is 90.5 cm³/mol. The quantitative estimate of drug-likeness (QED) is 0.461. The lowest BCUT2D eigenvalue weighted by atomic mass is 10.1. The summed E-state index contributed by atoms with van der Waals surface area (Å²) in [5.74, 6) is 0. The minimum Gasteiger partial charge on any atom is -0.445 e. The molecule has 0 aromatic heterocycles. The molecule has 0 saturated heterocycles. The number of ether oxygens (including phenoxy) is 3. The fourth-order valence-corrected chi connectivity index (χ4v) is 1.58. The summed E-state index contributed by atoms with van der Waals surface area (Å²) in [6.45, 7) is 10.9. The van der Waals surface area contributed by atoms with Crippen LogP contribution in [0.3, 0.4) is 0 Å². The zero-order valence-electron chi connectivity index (χ0n) is 15.0. The number of benzene rings is 1. The predicted octanol–water partition coefficient (Wildman–Crippen LogP) is 4.18. The van der Waals surface area contributed by atoms with Gasteiger partial charge in [0.15, 0.2) is 0 Å². The number of rotatable bonds is 2. The van der Waals surface area contributed by atoms with Crippen molar-refractivity contribution < 1.29 is 19.0 Å². The Morgan fingerprint density at radius 2 is 1.75 bits per heavy atom. The summed E-state index contributed by atoms with van der Waals surface area (Å²) in [5, 5.41) is 8.92. The number of hydrogen-bond acceptors (Lipinski definition) is 6. The maximum atomic E-state index is 11.8. The molecule has 0 aliphatic rings. The van der Waals surface area contributed by atoms with E-state index in [2.05, 4.69) is 11.1 Å². The first kappa shape index (κ1) is 19.5. The number of nitrogens with zero attached hydrogens (tertiary/aromatic N) is 2. The van der Waals surface area contributed by atoms with E-state index in [0.29, 0.717) is 5.56 Å². The third-order valence-corrected chi connectivity index (χ3v) is 2.40. The Kier molecular flexibility index (Phi) is 6.35. The van der Waals surface area contributed by atoms with Crippen LogP contribution in [0.5, 0.6) is 0 Å². The standard InChI is InChI=1S/C18H24N2O4/c1-17(2,3)23-15(22-16(21)24-18(4,5)6)20-12-14-9-7-8-13(10-14)11-19/h7-10H,12H2,1-6H3. The molecule has 0 saturated carbocycles. The molecule has 0 aliphatic heterocycles. The van der Waals surface area contributed by atoms with Crippen LogP contribution < -0.4 is 0 Å². The summed E-state index contributed by atoms with van der Waals surface area (Å²) in [4.78, 5) is 16.0. The lowest BCUT2D eigenvalue weighted by Crippen LogP contribution is -2.30. The highest BCUT2D eigenvalue weighted by Gasteiger charge is 2.23. The molecule has 0 unspecified atom stereocenters. The minimum absolute atomic E-state index is 0.167. The van der Waals surface area contributed by atoms with Gasteiger partial charge in [-0.2, -0.15) is 5.26 Å². The van der Waals surface area contributed by atoms with Crippen molar-refractivity contribution in [2.45, 2.75) is 59.3 Å². The second-order valence-electron chi connectivity index (χ2n) is 7.18. The Hall–Kier alpha value is -2.55. The van der Waals surface area contributed by atoms with Crippen molar-refractivity contribution in [3.63, 3.8) is 0 Å². The van der Waals surface area contributed by atoms with Crippen LogP contribution in [0, 0.1) is 11.3 Å². The molecule has 24 heavy (non-hydrogen) atoms. The van der Waals surface area contributed by atoms with Gasteiger partial charge in [-0.1, -0.05) is 12.1 Å². The van der Waals surface area contributed by atoms with Gasteiger partial charge < -0.3 is 14.2 Å². The lowest BCUT2D eigenvalue weighted by molar-refractivity contribution is -0.00128. The van der Waals surface area contributed by atoms with Gasteiger partial charge in [-0.3, -0.25) is 0 Å². The van der Waals surface area contributed by atoms with Crippen LogP contribution in [-0.4, -0.2) is 23.4 Å². The van der Waals surface area contributed by atoms with Crippen LogP contribution in [0.1, 0.15) is 52.7 Å². The first-order chi connectivity index (χ1) is 11.0. The van der Waals surface area contributed by atoms with Gasteiger partial charge in [0, 0.05) is 0 Å². The SMILES string of the molecule is CC(C)(C)OC(=O)OC(=NCc1cccc(C#N)c1)OC(C)(C)C. The maximum absolute atomic E-state index is 11.8. The molecule has 0 N–H and O–H groups in total. The van der Waals surface area contributed by atoms with Crippen LogP contribution in [-0.2, 0) is 20.8 Å². The lowest BCUT2D eigenvalue weighted by Gasteiger charge is -2.23. The number of carbonyl (C=O) groups is 1. The van der Waals surface area contributed by atoms with Crippen LogP contribution in [0.2, 0.25) is 0 Å². The normalized spacial score (nSPS) is 12.3. The number of carbonyl (C=O) groups excluding carboxylic acids is 1. The number of nitriles is 1. The van der Waals surface area contributed by atoms with Gasteiger partial charge in [-0.05, 0) is 59.2 Å². The molecule has 1 aromatic carbocycles.